The quantitative estimate of drug-likeness (QED) is 0.394. The zero-order valence-corrected chi connectivity index (χ0v) is 7.40. The first kappa shape index (κ1) is 9.57. The van der Waals surface area contributed by atoms with Gasteiger partial charge >= 0.3 is 0 Å². The van der Waals surface area contributed by atoms with Crippen molar-refractivity contribution in [3.05, 3.63) is 34.8 Å². The van der Waals surface area contributed by atoms with Crippen molar-refractivity contribution in [1.29, 1.82) is 0 Å². The minimum absolute atomic E-state index is 0.441. The highest BCUT2D eigenvalue weighted by molar-refractivity contribution is 4.99. The molecule has 72 valence electrons. The van der Waals surface area contributed by atoms with E-state index >= 15 is 0 Å². The Morgan fingerprint density at radius 1 is 1.77 bits per heavy atom. The molecule has 0 amide bonds. The molecule has 0 saturated carbocycles. The number of hydrogen-bond acceptors (Lipinski definition) is 4. The standard InChI is InChI=1S/C8H13N3O2/c1-2-5-10-6-3-4-9-8(10)7-11(12)13/h2,7,9H,1,3-6H2/b8-7-. The average molecular weight is 183 g/mol. The van der Waals surface area contributed by atoms with E-state index in [1.807, 2.05) is 4.90 Å². The van der Waals surface area contributed by atoms with E-state index in [1.165, 1.54) is 0 Å². The molecule has 1 rings (SSSR count). The van der Waals surface area contributed by atoms with Crippen LogP contribution in [0.2, 0.25) is 0 Å². The molecule has 1 N–H and O–H groups in total. The molecule has 0 aromatic rings. The Hall–Kier alpha value is -1.52. The van der Waals surface area contributed by atoms with Gasteiger partial charge in [-0.05, 0) is 6.42 Å². The molecule has 0 atom stereocenters. The van der Waals surface area contributed by atoms with Crippen LogP contribution in [-0.4, -0.2) is 29.5 Å². The predicted octanol–water partition coefficient (Wildman–Crippen LogP) is 0.543. The second kappa shape index (κ2) is 4.49. The number of hydrogen-bond donors (Lipinski definition) is 1. The largest absolute Gasteiger partial charge is 0.367 e. The Bertz CT molecular complexity index is 238. The highest BCUT2D eigenvalue weighted by Gasteiger charge is 2.15. The molecule has 0 spiro atoms. The van der Waals surface area contributed by atoms with Crippen molar-refractivity contribution < 1.29 is 4.92 Å². The van der Waals surface area contributed by atoms with Gasteiger partial charge in [0.05, 0.1) is 4.92 Å². The van der Waals surface area contributed by atoms with Crippen molar-refractivity contribution in [2.24, 2.45) is 0 Å². The first-order valence-electron chi connectivity index (χ1n) is 4.19. The maximum absolute atomic E-state index is 10.3. The van der Waals surface area contributed by atoms with Crippen LogP contribution in [0.1, 0.15) is 6.42 Å². The summed E-state index contributed by atoms with van der Waals surface area (Å²) in [6.45, 7) is 5.89. The van der Waals surface area contributed by atoms with Gasteiger partial charge in [0.25, 0.3) is 6.20 Å². The van der Waals surface area contributed by atoms with Crippen LogP contribution in [0, 0.1) is 10.1 Å². The van der Waals surface area contributed by atoms with Gasteiger partial charge in [0.15, 0.2) is 5.82 Å². The summed E-state index contributed by atoms with van der Waals surface area (Å²) in [7, 11) is 0. The van der Waals surface area contributed by atoms with Gasteiger partial charge in [0.1, 0.15) is 0 Å². The van der Waals surface area contributed by atoms with Gasteiger partial charge in [-0.1, -0.05) is 6.08 Å². The van der Waals surface area contributed by atoms with Crippen LogP contribution in [0.15, 0.2) is 24.7 Å². The topological polar surface area (TPSA) is 58.4 Å². The molecule has 0 aliphatic carbocycles. The van der Waals surface area contributed by atoms with Crippen LogP contribution in [-0.2, 0) is 0 Å². The summed E-state index contributed by atoms with van der Waals surface area (Å²) >= 11 is 0. The second-order valence-corrected chi connectivity index (χ2v) is 2.81. The van der Waals surface area contributed by atoms with Crippen molar-refractivity contribution in [3.8, 4) is 0 Å². The Morgan fingerprint density at radius 3 is 3.15 bits per heavy atom. The molecular weight excluding hydrogens is 170 g/mol. The van der Waals surface area contributed by atoms with E-state index in [0.717, 1.165) is 25.7 Å². The van der Waals surface area contributed by atoms with E-state index in [2.05, 4.69) is 11.9 Å². The summed E-state index contributed by atoms with van der Waals surface area (Å²) in [5, 5.41) is 13.2. The van der Waals surface area contributed by atoms with Gasteiger partial charge in [0.2, 0.25) is 0 Å². The summed E-state index contributed by atoms with van der Waals surface area (Å²) in [6, 6.07) is 0. The molecule has 1 fully saturated rings. The molecule has 5 heteroatoms. The highest BCUT2D eigenvalue weighted by Crippen LogP contribution is 2.07. The molecule has 5 nitrogen and oxygen atoms in total. The van der Waals surface area contributed by atoms with Gasteiger partial charge in [-0.25, -0.2) is 0 Å². The lowest BCUT2D eigenvalue weighted by atomic mass is 10.3. The minimum atomic E-state index is -0.441. The van der Waals surface area contributed by atoms with Gasteiger partial charge in [-0.3, -0.25) is 10.1 Å². The summed E-state index contributed by atoms with van der Waals surface area (Å²) in [4.78, 5) is 11.7. The summed E-state index contributed by atoms with van der Waals surface area (Å²) in [5.41, 5.74) is 0. The monoisotopic (exact) mass is 183 g/mol. The fourth-order valence-corrected chi connectivity index (χ4v) is 1.29. The minimum Gasteiger partial charge on any atom is -0.367 e. The van der Waals surface area contributed by atoms with Crippen LogP contribution in [0.4, 0.5) is 0 Å². The summed E-state index contributed by atoms with van der Waals surface area (Å²) < 4.78 is 0. The van der Waals surface area contributed by atoms with Crippen molar-refractivity contribution in [2.45, 2.75) is 6.42 Å². The Kier molecular flexibility index (Phi) is 3.31. The van der Waals surface area contributed by atoms with Crippen molar-refractivity contribution >= 4 is 0 Å². The van der Waals surface area contributed by atoms with Crippen LogP contribution in [0.5, 0.6) is 0 Å². The lowest BCUT2D eigenvalue weighted by molar-refractivity contribution is -0.404. The van der Waals surface area contributed by atoms with Crippen molar-refractivity contribution in [1.82, 2.24) is 10.2 Å². The number of nitrogens with one attached hydrogen (secondary N) is 1. The third-order valence-corrected chi connectivity index (χ3v) is 1.83. The molecule has 0 unspecified atom stereocenters. The predicted molar refractivity (Wildman–Crippen MR) is 49.5 cm³/mol. The second-order valence-electron chi connectivity index (χ2n) is 2.81. The Labute approximate surface area is 76.9 Å². The molecular formula is C8H13N3O2. The van der Waals surface area contributed by atoms with Crippen LogP contribution < -0.4 is 5.32 Å². The SMILES string of the molecule is C=CCN1CCCN/C1=C/[N+](=O)[O-]. The Morgan fingerprint density at radius 2 is 2.54 bits per heavy atom. The molecule has 1 saturated heterocycles. The Balaban J connectivity index is 2.66. The molecule has 0 aromatic carbocycles. The molecule has 1 heterocycles. The maximum atomic E-state index is 10.3. The fraction of sp³-hybridized carbons (Fsp3) is 0.500. The van der Waals surface area contributed by atoms with Crippen molar-refractivity contribution in [2.75, 3.05) is 19.6 Å². The van der Waals surface area contributed by atoms with E-state index in [1.54, 1.807) is 6.08 Å². The average Bonchev–Trinajstić information content (AvgIpc) is 2.08. The lowest BCUT2D eigenvalue weighted by Crippen LogP contribution is -2.39. The van der Waals surface area contributed by atoms with Crippen LogP contribution >= 0.6 is 0 Å². The number of nitrogens with zero attached hydrogens (tertiary/aromatic N) is 2. The first-order chi connectivity index (χ1) is 6.24. The van der Waals surface area contributed by atoms with E-state index in [-0.39, 0.29) is 0 Å². The van der Waals surface area contributed by atoms with Crippen LogP contribution in [0.3, 0.4) is 0 Å². The van der Waals surface area contributed by atoms with Gasteiger partial charge in [-0.15, -0.1) is 6.58 Å². The fourth-order valence-electron chi connectivity index (χ4n) is 1.29. The van der Waals surface area contributed by atoms with Gasteiger partial charge in [0, 0.05) is 19.6 Å². The van der Waals surface area contributed by atoms with Crippen LogP contribution in [0.25, 0.3) is 0 Å². The zero-order chi connectivity index (χ0) is 9.68. The van der Waals surface area contributed by atoms with Crippen molar-refractivity contribution in [3.63, 3.8) is 0 Å². The lowest BCUT2D eigenvalue weighted by Gasteiger charge is -2.29. The van der Waals surface area contributed by atoms with E-state index < -0.39 is 4.92 Å². The summed E-state index contributed by atoms with van der Waals surface area (Å²) in [5.74, 6) is 0.580. The van der Waals surface area contributed by atoms with E-state index in [9.17, 15) is 10.1 Å². The smallest absolute Gasteiger partial charge is 0.274 e. The maximum Gasteiger partial charge on any atom is 0.274 e. The molecule has 13 heavy (non-hydrogen) atoms. The van der Waals surface area contributed by atoms with Gasteiger partial charge in [-0.2, -0.15) is 0 Å². The molecule has 0 aromatic heterocycles. The molecule has 0 radical (unpaired) electrons. The zero-order valence-electron chi connectivity index (χ0n) is 7.40. The third-order valence-electron chi connectivity index (χ3n) is 1.83. The van der Waals surface area contributed by atoms with E-state index in [4.69, 9.17) is 0 Å². The number of nitro groups is 1. The summed E-state index contributed by atoms with van der Waals surface area (Å²) in [6.07, 6.45) is 3.74. The highest BCUT2D eigenvalue weighted by atomic mass is 16.6. The van der Waals surface area contributed by atoms with E-state index in [0.29, 0.717) is 12.4 Å². The number of rotatable bonds is 3. The third kappa shape index (κ3) is 2.77. The molecule has 0 bridgehead atoms. The normalized spacial score (nSPS) is 19.7. The first-order valence-corrected chi connectivity index (χ1v) is 4.19. The molecule has 1 aliphatic heterocycles. The molecule has 1 aliphatic rings. The van der Waals surface area contributed by atoms with Gasteiger partial charge < -0.3 is 10.2 Å².